The monoisotopic (exact) mass is 342 g/mol. The van der Waals surface area contributed by atoms with Crippen molar-refractivity contribution in [2.75, 3.05) is 7.05 Å². The fraction of sp³-hybridized carbons (Fsp3) is 0.500. The van der Waals surface area contributed by atoms with Gasteiger partial charge >= 0.3 is 6.18 Å². The molecule has 0 bridgehead atoms. The number of benzene rings is 1. The third-order valence-corrected chi connectivity index (χ3v) is 4.30. The molecule has 24 heavy (non-hydrogen) atoms. The third kappa shape index (κ3) is 3.58. The van der Waals surface area contributed by atoms with Gasteiger partial charge in [0.05, 0.1) is 12.5 Å². The molecule has 1 aromatic carbocycles. The van der Waals surface area contributed by atoms with Gasteiger partial charge < -0.3 is 4.57 Å². The number of rotatable bonds is 4. The lowest BCUT2D eigenvalue weighted by atomic mass is 9.99. The Balaban J connectivity index is 1.71. The first kappa shape index (κ1) is 16.9. The van der Waals surface area contributed by atoms with Crippen molar-refractivity contribution in [3.63, 3.8) is 0 Å². The topological polar surface area (TPSA) is 34.0 Å². The Morgan fingerprint density at radius 2 is 1.96 bits per heavy atom. The van der Waals surface area contributed by atoms with Crippen molar-refractivity contribution in [1.29, 1.82) is 0 Å². The molecule has 1 aliphatic heterocycles. The Hall–Kier alpha value is -1.96. The Kier molecular flexibility index (Phi) is 4.58. The zero-order valence-corrected chi connectivity index (χ0v) is 13.2. The van der Waals surface area contributed by atoms with Crippen molar-refractivity contribution in [3.8, 4) is 0 Å². The first-order valence-corrected chi connectivity index (χ1v) is 7.74. The quantitative estimate of drug-likeness (QED) is 0.801. The molecule has 1 aliphatic rings. The summed E-state index contributed by atoms with van der Waals surface area (Å²) in [6, 6.07) is 6.44. The van der Waals surface area contributed by atoms with Gasteiger partial charge in [-0.2, -0.15) is 13.2 Å². The number of hydrogen-bond acceptors (Lipinski definition) is 3. The first-order chi connectivity index (χ1) is 11.3. The van der Waals surface area contributed by atoms with E-state index in [-0.39, 0.29) is 25.2 Å². The van der Waals surface area contributed by atoms with Gasteiger partial charge in [0.15, 0.2) is 0 Å². The van der Waals surface area contributed by atoms with Gasteiger partial charge in [-0.3, -0.25) is 4.90 Å². The summed E-state index contributed by atoms with van der Waals surface area (Å²) in [6.45, 7) is 0.512. The highest BCUT2D eigenvalue weighted by Crippen LogP contribution is 2.34. The number of hydrogen-bond donors (Lipinski definition) is 0. The second-order valence-corrected chi connectivity index (χ2v) is 6.18. The van der Waals surface area contributed by atoms with Crippen LogP contribution in [0.5, 0.6) is 0 Å². The molecule has 130 valence electrons. The minimum atomic E-state index is -4.21. The van der Waals surface area contributed by atoms with E-state index in [1.807, 2.05) is 4.90 Å². The summed E-state index contributed by atoms with van der Waals surface area (Å²) in [5, 5.41) is 8.02. The molecule has 2 aromatic rings. The van der Waals surface area contributed by atoms with Gasteiger partial charge in [-0.15, -0.1) is 10.2 Å². The van der Waals surface area contributed by atoms with Crippen LogP contribution in [-0.4, -0.2) is 32.9 Å². The van der Waals surface area contributed by atoms with Crippen LogP contribution in [-0.2, 0) is 26.1 Å². The van der Waals surface area contributed by atoms with Gasteiger partial charge in [-0.25, -0.2) is 4.39 Å². The zero-order valence-electron chi connectivity index (χ0n) is 13.2. The smallest absolute Gasteiger partial charge is 0.313 e. The fourth-order valence-corrected chi connectivity index (χ4v) is 2.98. The Labute approximate surface area is 137 Å². The summed E-state index contributed by atoms with van der Waals surface area (Å²) in [5.74, 6) is -0.594. The lowest BCUT2D eigenvalue weighted by molar-refractivity contribution is -0.182. The molecule has 8 heteroatoms. The van der Waals surface area contributed by atoms with Gasteiger partial charge in [0, 0.05) is 25.1 Å². The summed E-state index contributed by atoms with van der Waals surface area (Å²) in [7, 11) is 1.78. The molecule has 2 heterocycles. The van der Waals surface area contributed by atoms with Crippen molar-refractivity contribution in [3.05, 3.63) is 47.3 Å². The number of alkyl halides is 3. The molecule has 0 N–H and O–H groups in total. The van der Waals surface area contributed by atoms with Crippen molar-refractivity contribution in [1.82, 2.24) is 19.7 Å². The van der Waals surface area contributed by atoms with Crippen LogP contribution in [0, 0.1) is 11.7 Å². The zero-order chi connectivity index (χ0) is 17.3. The van der Waals surface area contributed by atoms with Gasteiger partial charge in [0.25, 0.3) is 0 Å². The van der Waals surface area contributed by atoms with E-state index in [0.29, 0.717) is 30.3 Å². The van der Waals surface area contributed by atoms with Gasteiger partial charge in [0.1, 0.15) is 17.5 Å². The molecule has 0 spiro atoms. The van der Waals surface area contributed by atoms with Crippen LogP contribution in [0.2, 0.25) is 0 Å². The fourth-order valence-electron chi connectivity index (χ4n) is 2.98. The molecule has 3 rings (SSSR count). The number of aromatic nitrogens is 3. The molecular weight excluding hydrogens is 324 g/mol. The second kappa shape index (κ2) is 6.51. The van der Waals surface area contributed by atoms with Crippen molar-refractivity contribution >= 4 is 0 Å². The van der Waals surface area contributed by atoms with Gasteiger partial charge in [-0.1, -0.05) is 18.2 Å². The minimum absolute atomic E-state index is 0.0483. The van der Waals surface area contributed by atoms with Crippen molar-refractivity contribution in [2.45, 2.75) is 38.7 Å². The molecule has 0 saturated heterocycles. The Bertz CT molecular complexity index is 710. The maximum absolute atomic E-state index is 13.7. The van der Waals surface area contributed by atoms with Crippen LogP contribution < -0.4 is 0 Å². The van der Waals surface area contributed by atoms with Gasteiger partial charge in [-0.05, 0) is 19.5 Å². The lowest BCUT2D eigenvalue weighted by Crippen LogP contribution is -2.33. The Morgan fingerprint density at radius 1 is 1.21 bits per heavy atom. The van der Waals surface area contributed by atoms with E-state index in [1.165, 1.54) is 6.07 Å². The second-order valence-electron chi connectivity index (χ2n) is 6.18. The van der Waals surface area contributed by atoms with Crippen LogP contribution in [0.3, 0.4) is 0 Å². The maximum Gasteiger partial charge on any atom is 0.393 e. The molecule has 0 radical (unpaired) electrons. The SMILES string of the molecule is CN(Cc1ccccc1F)Cc1nnc2n1CC(C(F)(F)F)CC2. The standard InChI is InChI=1S/C16H18F4N4/c1-23(8-11-4-2-3-5-13(11)17)10-15-22-21-14-7-6-12(9-24(14)15)16(18,19)20/h2-5,12H,6-10H2,1H3. The molecule has 4 nitrogen and oxygen atoms in total. The number of fused-ring (bicyclic) bond motifs is 1. The van der Waals surface area contributed by atoms with Crippen LogP contribution in [0.25, 0.3) is 0 Å². The van der Waals surface area contributed by atoms with E-state index in [4.69, 9.17) is 0 Å². The highest BCUT2D eigenvalue weighted by Gasteiger charge is 2.42. The average molecular weight is 342 g/mol. The number of nitrogens with zero attached hydrogens (tertiary/aromatic N) is 4. The van der Waals surface area contributed by atoms with Crippen LogP contribution in [0.4, 0.5) is 17.6 Å². The summed E-state index contributed by atoms with van der Waals surface area (Å²) in [4.78, 5) is 1.81. The summed E-state index contributed by atoms with van der Waals surface area (Å²) in [6.07, 6.45) is -3.89. The molecule has 1 atom stereocenters. The van der Waals surface area contributed by atoms with E-state index in [9.17, 15) is 17.6 Å². The summed E-state index contributed by atoms with van der Waals surface area (Å²) >= 11 is 0. The number of aryl methyl sites for hydroxylation is 1. The molecule has 0 aliphatic carbocycles. The third-order valence-electron chi connectivity index (χ3n) is 4.30. The van der Waals surface area contributed by atoms with E-state index < -0.39 is 12.1 Å². The minimum Gasteiger partial charge on any atom is -0.313 e. The molecule has 1 unspecified atom stereocenters. The van der Waals surface area contributed by atoms with E-state index in [2.05, 4.69) is 10.2 Å². The van der Waals surface area contributed by atoms with Gasteiger partial charge in [0.2, 0.25) is 0 Å². The molecular formula is C16H18F4N4. The van der Waals surface area contributed by atoms with E-state index >= 15 is 0 Å². The van der Waals surface area contributed by atoms with Crippen LogP contribution >= 0.6 is 0 Å². The highest BCUT2D eigenvalue weighted by molar-refractivity contribution is 5.17. The maximum atomic E-state index is 13.7. The van der Waals surface area contributed by atoms with E-state index in [1.54, 1.807) is 29.8 Å². The summed E-state index contributed by atoms with van der Waals surface area (Å²) in [5.41, 5.74) is 0.534. The molecule has 0 saturated carbocycles. The number of halogens is 4. The normalized spacial score (nSPS) is 18.0. The van der Waals surface area contributed by atoms with Crippen LogP contribution in [0.1, 0.15) is 23.6 Å². The van der Waals surface area contributed by atoms with Crippen molar-refractivity contribution < 1.29 is 17.6 Å². The molecule has 0 fully saturated rings. The predicted octanol–water partition coefficient (Wildman–Crippen LogP) is 3.17. The first-order valence-electron chi connectivity index (χ1n) is 7.74. The summed E-state index contributed by atoms with van der Waals surface area (Å²) < 4.78 is 54.1. The molecule has 0 amide bonds. The van der Waals surface area contributed by atoms with Crippen molar-refractivity contribution in [2.24, 2.45) is 5.92 Å². The molecule has 1 aromatic heterocycles. The Morgan fingerprint density at radius 3 is 2.67 bits per heavy atom. The largest absolute Gasteiger partial charge is 0.393 e. The predicted molar refractivity (Wildman–Crippen MR) is 79.5 cm³/mol. The lowest BCUT2D eigenvalue weighted by Gasteiger charge is -2.27. The van der Waals surface area contributed by atoms with E-state index in [0.717, 1.165) is 0 Å². The van der Waals surface area contributed by atoms with Crippen LogP contribution in [0.15, 0.2) is 24.3 Å². The average Bonchev–Trinajstić information content (AvgIpc) is 2.91. The highest BCUT2D eigenvalue weighted by atomic mass is 19.4.